The fourth-order valence-electron chi connectivity index (χ4n) is 3.05. The summed E-state index contributed by atoms with van der Waals surface area (Å²) in [6.07, 6.45) is 1.04. The summed E-state index contributed by atoms with van der Waals surface area (Å²) in [5, 5.41) is 2.60. The third-order valence-corrected chi connectivity index (χ3v) is 7.69. The molecule has 1 N–H and O–H groups in total. The van der Waals surface area contributed by atoms with Gasteiger partial charge in [0.05, 0.1) is 23.4 Å². The molecule has 0 aliphatic heterocycles. The van der Waals surface area contributed by atoms with Gasteiger partial charge in [-0.15, -0.1) is 0 Å². The van der Waals surface area contributed by atoms with Crippen LogP contribution in [0.2, 0.25) is 0 Å². The molecule has 1 amide bonds. The molecule has 0 bridgehead atoms. The Morgan fingerprint density at radius 3 is 2.18 bits per heavy atom. The van der Waals surface area contributed by atoms with Crippen molar-refractivity contribution in [2.24, 2.45) is 0 Å². The highest BCUT2D eigenvalue weighted by molar-refractivity contribution is 7.92. The van der Waals surface area contributed by atoms with E-state index in [9.17, 15) is 26.0 Å². The van der Waals surface area contributed by atoms with E-state index in [0.717, 1.165) is 20.9 Å². The molecular formula is C21H28FN3O6S2. The highest BCUT2D eigenvalue weighted by Gasteiger charge is 2.32. The topological polar surface area (TPSA) is 113 Å². The molecule has 0 heterocycles. The molecule has 2 rings (SSSR count). The summed E-state index contributed by atoms with van der Waals surface area (Å²) in [6.45, 7) is 1.74. The average Bonchev–Trinajstić information content (AvgIpc) is 2.75. The standard InChI is InChI=1S/C21H28FN3O6S2/c1-5-19(25(32(4,27)28)20-9-7-6-8-18(20)22)21(26)23-14-15-31-16-10-12-17(13-11-16)33(29,30)24(2)3/h6-13,19H,5,14-15H2,1-4H3,(H,23,26)/t19-/m1/s1. The number of benzene rings is 2. The molecule has 0 aromatic heterocycles. The molecule has 1 atom stereocenters. The van der Waals surface area contributed by atoms with E-state index in [1.165, 1.54) is 56.6 Å². The van der Waals surface area contributed by atoms with Crippen LogP contribution >= 0.6 is 0 Å². The normalized spacial score (nSPS) is 12.9. The van der Waals surface area contributed by atoms with Gasteiger partial charge in [-0.2, -0.15) is 0 Å². The van der Waals surface area contributed by atoms with Gasteiger partial charge in [0.1, 0.15) is 24.2 Å². The predicted octanol–water partition coefficient (Wildman–Crippen LogP) is 1.82. The Balaban J connectivity index is 2.02. The number of halogens is 1. The van der Waals surface area contributed by atoms with Crippen molar-refractivity contribution in [3.8, 4) is 5.75 Å². The van der Waals surface area contributed by atoms with Crippen molar-refractivity contribution >= 4 is 31.6 Å². The molecule has 0 aliphatic carbocycles. The van der Waals surface area contributed by atoms with E-state index >= 15 is 0 Å². The lowest BCUT2D eigenvalue weighted by atomic mass is 10.2. The summed E-state index contributed by atoms with van der Waals surface area (Å²) in [7, 11) is -4.63. The van der Waals surface area contributed by atoms with Crippen LogP contribution in [0.4, 0.5) is 10.1 Å². The van der Waals surface area contributed by atoms with Crippen molar-refractivity contribution in [2.45, 2.75) is 24.3 Å². The number of hydrogen-bond acceptors (Lipinski definition) is 6. The maximum Gasteiger partial charge on any atom is 0.244 e. The molecule has 33 heavy (non-hydrogen) atoms. The average molecular weight is 502 g/mol. The maximum absolute atomic E-state index is 14.3. The van der Waals surface area contributed by atoms with Crippen molar-refractivity contribution < 1.29 is 30.8 Å². The fraction of sp³-hybridized carbons (Fsp3) is 0.381. The van der Waals surface area contributed by atoms with Crippen LogP contribution in [0, 0.1) is 5.82 Å². The lowest BCUT2D eigenvalue weighted by molar-refractivity contribution is -0.122. The number of carbonyl (C=O) groups is 1. The van der Waals surface area contributed by atoms with Crippen LogP contribution in [-0.2, 0) is 24.8 Å². The van der Waals surface area contributed by atoms with Gasteiger partial charge in [-0.05, 0) is 42.8 Å². The van der Waals surface area contributed by atoms with Gasteiger partial charge in [0, 0.05) is 14.1 Å². The van der Waals surface area contributed by atoms with Crippen molar-refractivity contribution in [3.63, 3.8) is 0 Å². The molecule has 12 heteroatoms. The third kappa shape index (κ3) is 6.65. The molecule has 0 aliphatic rings. The van der Waals surface area contributed by atoms with Gasteiger partial charge in [0.15, 0.2) is 0 Å². The Morgan fingerprint density at radius 2 is 1.67 bits per heavy atom. The lowest BCUT2D eigenvalue weighted by Gasteiger charge is -2.30. The maximum atomic E-state index is 14.3. The second-order valence-electron chi connectivity index (χ2n) is 7.33. The second-order valence-corrected chi connectivity index (χ2v) is 11.3. The van der Waals surface area contributed by atoms with Crippen molar-refractivity contribution in [1.82, 2.24) is 9.62 Å². The number of amides is 1. The predicted molar refractivity (Wildman–Crippen MR) is 124 cm³/mol. The van der Waals surface area contributed by atoms with Gasteiger partial charge in [0.2, 0.25) is 26.0 Å². The van der Waals surface area contributed by atoms with Crippen LogP contribution < -0.4 is 14.4 Å². The Labute approximate surface area is 194 Å². The zero-order chi connectivity index (χ0) is 24.8. The van der Waals surface area contributed by atoms with E-state index in [1.54, 1.807) is 6.92 Å². The van der Waals surface area contributed by atoms with Crippen LogP contribution in [0.1, 0.15) is 13.3 Å². The largest absolute Gasteiger partial charge is 0.492 e. The van der Waals surface area contributed by atoms with E-state index in [-0.39, 0.29) is 30.2 Å². The molecule has 0 unspecified atom stereocenters. The van der Waals surface area contributed by atoms with Crippen molar-refractivity contribution in [1.29, 1.82) is 0 Å². The number of nitrogens with one attached hydrogen (secondary N) is 1. The first-order chi connectivity index (χ1) is 15.4. The van der Waals surface area contributed by atoms with Gasteiger partial charge < -0.3 is 10.1 Å². The monoisotopic (exact) mass is 501 g/mol. The number of hydrogen-bond donors (Lipinski definition) is 1. The number of para-hydroxylation sites is 1. The zero-order valence-corrected chi connectivity index (χ0v) is 20.5. The Morgan fingerprint density at radius 1 is 1.06 bits per heavy atom. The molecule has 0 spiro atoms. The number of carbonyl (C=O) groups excluding carboxylic acids is 1. The lowest BCUT2D eigenvalue weighted by Crippen LogP contribution is -2.50. The summed E-state index contributed by atoms with van der Waals surface area (Å²) in [5.41, 5.74) is -0.203. The van der Waals surface area contributed by atoms with Crippen molar-refractivity contribution in [2.75, 3.05) is 37.8 Å². The number of sulfonamides is 2. The minimum Gasteiger partial charge on any atom is -0.492 e. The molecule has 182 valence electrons. The van der Waals surface area contributed by atoms with Crippen molar-refractivity contribution in [3.05, 3.63) is 54.3 Å². The summed E-state index contributed by atoms with van der Waals surface area (Å²) < 4.78 is 70.5. The number of ether oxygens (including phenoxy) is 1. The summed E-state index contributed by atoms with van der Waals surface area (Å²) in [5.74, 6) is -0.947. The highest BCUT2D eigenvalue weighted by atomic mass is 32.2. The molecule has 0 fully saturated rings. The van der Waals surface area contributed by atoms with Gasteiger partial charge in [0.25, 0.3) is 0 Å². The first-order valence-electron chi connectivity index (χ1n) is 10.1. The van der Waals surface area contributed by atoms with Crippen LogP contribution in [0.25, 0.3) is 0 Å². The number of rotatable bonds is 11. The SMILES string of the molecule is CC[C@H](C(=O)NCCOc1ccc(S(=O)(=O)N(C)C)cc1)N(c1ccccc1F)S(C)(=O)=O. The number of anilines is 1. The van der Waals surface area contributed by atoms with Gasteiger partial charge >= 0.3 is 0 Å². The van der Waals surface area contributed by atoms with E-state index in [4.69, 9.17) is 4.74 Å². The minimum absolute atomic E-state index is 0.0561. The quantitative estimate of drug-likeness (QED) is 0.470. The fourth-order valence-corrected chi connectivity index (χ4v) is 5.16. The van der Waals surface area contributed by atoms with Crippen LogP contribution in [-0.4, -0.2) is 66.6 Å². The zero-order valence-electron chi connectivity index (χ0n) is 18.9. The smallest absolute Gasteiger partial charge is 0.244 e. The van der Waals surface area contributed by atoms with E-state index < -0.39 is 37.8 Å². The third-order valence-electron chi connectivity index (χ3n) is 4.69. The van der Waals surface area contributed by atoms with Crippen LogP contribution in [0.5, 0.6) is 5.75 Å². The molecule has 9 nitrogen and oxygen atoms in total. The summed E-state index contributed by atoms with van der Waals surface area (Å²) in [6, 6.07) is 10.0. The van der Waals surface area contributed by atoms with Crippen LogP contribution in [0.15, 0.2) is 53.4 Å². The minimum atomic E-state index is -3.94. The molecular weight excluding hydrogens is 473 g/mol. The van der Waals surface area contributed by atoms with Crippen LogP contribution in [0.3, 0.4) is 0 Å². The first-order valence-corrected chi connectivity index (χ1v) is 13.4. The second kappa shape index (κ2) is 10.9. The Hall–Kier alpha value is -2.70. The number of nitrogens with zero attached hydrogens (tertiary/aromatic N) is 2. The van der Waals surface area contributed by atoms with Gasteiger partial charge in [-0.1, -0.05) is 19.1 Å². The summed E-state index contributed by atoms with van der Waals surface area (Å²) >= 11 is 0. The molecule has 0 radical (unpaired) electrons. The van der Waals surface area contributed by atoms with Gasteiger partial charge in [-0.25, -0.2) is 25.5 Å². The Kier molecular flexibility index (Phi) is 8.81. The molecule has 0 saturated carbocycles. The highest BCUT2D eigenvalue weighted by Crippen LogP contribution is 2.25. The van der Waals surface area contributed by atoms with E-state index in [0.29, 0.717) is 5.75 Å². The molecule has 2 aromatic rings. The summed E-state index contributed by atoms with van der Waals surface area (Å²) in [4.78, 5) is 12.8. The van der Waals surface area contributed by atoms with E-state index in [1.807, 2.05) is 0 Å². The molecule has 0 saturated heterocycles. The van der Waals surface area contributed by atoms with E-state index in [2.05, 4.69) is 5.32 Å². The Bertz CT molecular complexity index is 1170. The van der Waals surface area contributed by atoms with Gasteiger partial charge in [-0.3, -0.25) is 9.10 Å². The molecule has 2 aromatic carbocycles. The first kappa shape index (κ1) is 26.6.